The molecule has 0 fully saturated rings. The van der Waals surface area contributed by atoms with Crippen molar-refractivity contribution in [3.63, 3.8) is 0 Å². The number of aromatic hydroxyl groups is 1. The summed E-state index contributed by atoms with van der Waals surface area (Å²) < 4.78 is 11.0. The summed E-state index contributed by atoms with van der Waals surface area (Å²) in [5.41, 5.74) is -1.05. The van der Waals surface area contributed by atoms with Gasteiger partial charge in [-0.15, -0.1) is 0 Å². The van der Waals surface area contributed by atoms with E-state index in [1.807, 2.05) is 6.92 Å². The molecule has 0 heterocycles. The summed E-state index contributed by atoms with van der Waals surface area (Å²) in [7, 11) is 1.51. The first kappa shape index (κ1) is 15.9. The van der Waals surface area contributed by atoms with Crippen LogP contribution in [0, 0.1) is 0 Å². The van der Waals surface area contributed by atoms with Crippen molar-refractivity contribution >= 4 is 12.9 Å². The van der Waals surface area contributed by atoms with Gasteiger partial charge in [-0.3, -0.25) is 0 Å². The number of phenols is 1. The lowest BCUT2D eigenvalue weighted by atomic mass is 9.82. The van der Waals surface area contributed by atoms with Gasteiger partial charge in [0.15, 0.2) is 0 Å². The largest absolute Gasteiger partial charge is 0.508 e. The Morgan fingerprint density at radius 3 is 2.32 bits per heavy atom. The minimum Gasteiger partial charge on any atom is -0.508 e. The minimum absolute atomic E-state index is 0.113. The van der Waals surface area contributed by atoms with E-state index in [1.165, 1.54) is 7.48 Å². The quantitative estimate of drug-likeness (QED) is 0.767. The number of ether oxygens (including phenoxy) is 1. The monoisotopic (exact) mass is 265 g/mol. The second-order valence-corrected chi connectivity index (χ2v) is 5.50. The number of hydrogen-bond donors (Lipinski definition) is 2. The fraction of sp³-hybridized carbons (Fsp3) is 0.571. The van der Waals surface area contributed by atoms with Crippen LogP contribution in [0.25, 0.3) is 0 Å². The summed E-state index contributed by atoms with van der Waals surface area (Å²) in [5.74, 6) is 0.695. The van der Waals surface area contributed by atoms with Crippen LogP contribution in [-0.4, -0.2) is 35.5 Å². The van der Waals surface area contributed by atoms with E-state index in [-0.39, 0.29) is 5.75 Å². The molecule has 5 heteroatoms. The Kier molecular flexibility index (Phi) is 4.88. The van der Waals surface area contributed by atoms with Crippen molar-refractivity contribution < 1.29 is 19.6 Å². The normalized spacial score (nSPS) is 12.3. The molecule has 0 saturated heterocycles. The van der Waals surface area contributed by atoms with Crippen LogP contribution in [0.15, 0.2) is 18.2 Å². The van der Waals surface area contributed by atoms with Gasteiger partial charge in [-0.2, -0.15) is 0 Å². The standard InChI is InChI=1S/C14H22BO4/c1-6-18-12-8-10(7-11(16)9-12)15-19-14(4,5)13(2,3)17/h7-9,16-17H,6H2,1-5H3. The van der Waals surface area contributed by atoms with Gasteiger partial charge in [0.1, 0.15) is 11.5 Å². The van der Waals surface area contributed by atoms with E-state index < -0.39 is 11.2 Å². The lowest BCUT2D eigenvalue weighted by Crippen LogP contribution is -2.49. The van der Waals surface area contributed by atoms with Crippen molar-refractivity contribution in [1.82, 2.24) is 0 Å². The van der Waals surface area contributed by atoms with E-state index >= 15 is 0 Å². The maximum Gasteiger partial charge on any atom is 0.331 e. The zero-order chi connectivity index (χ0) is 14.7. The van der Waals surface area contributed by atoms with E-state index in [9.17, 15) is 10.2 Å². The van der Waals surface area contributed by atoms with Crippen LogP contribution >= 0.6 is 0 Å². The third-order valence-electron chi connectivity index (χ3n) is 3.19. The average Bonchev–Trinajstić information content (AvgIpc) is 2.25. The highest BCUT2D eigenvalue weighted by Crippen LogP contribution is 2.24. The fourth-order valence-corrected chi connectivity index (χ4v) is 1.28. The van der Waals surface area contributed by atoms with Crippen LogP contribution in [0.1, 0.15) is 34.6 Å². The van der Waals surface area contributed by atoms with Gasteiger partial charge in [0.05, 0.1) is 17.8 Å². The second-order valence-electron chi connectivity index (χ2n) is 5.50. The molecule has 2 N–H and O–H groups in total. The third kappa shape index (κ3) is 4.44. The van der Waals surface area contributed by atoms with Gasteiger partial charge in [-0.1, -0.05) is 0 Å². The summed E-state index contributed by atoms with van der Waals surface area (Å²) in [6.07, 6.45) is 0. The van der Waals surface area contributed by atoms with Crippen LogP contribution in [0.5, 0.6) is 11.5 Å². The van der Waals surface area contributed by atoms with E-state index in [2.05, 4.69) is 0 Å². The van der Waals surface area contributed by atoms with Crippen molar-refractivity contribution in [2.75, 3.05) is 6.61 Å². The number of hydrogen-bond acceptors (Lipinski definition) is 4. The number of benzene rings is 1. The van der Waals surface area contributed by atoms with Crippen LogP contribution in [0.4, 0.5) is 0 Å². The van der Waals surface area contributed by atoms with Gasteiger partial charge >= 0.3 is 7.48 Å². The predicted octanol–water partition coefficient (Wildman–Crippen LogP) is 1.60. The van der Waals surface area contributed by atoms with Crippen LogP contribution < -0.4 is 10.2 Å². The fourth-order valence-electron chi connectivity index (χ4n) is 1.28. The number of phenolic OH excluding ortho intramolecular Hbond substituents is 1. The summed E-state index contributed by atoms with van der Waals surface area (Å²) in [6.45, 7) is 9.38. The Hall–Kier alpha value is -1.20. The topological polar surface area (TPSA) is 58.9 Å². The Bertz CT molecular complexity index is 424. The number of aliphatic hydroxyl groups is 1. The highest BCUT2D eigenvalue weighted by molar-refractivity contribution is 6.47. The Morgan fingerprint density at radius 1 is 1.16 bits per heavy atom. The molecule has 1 aromatic rings. The molecule has 19 heavy (non-hydrogen) atoms. The zero-order valence-corrected chi connectivity index (χ0v) is 12.2. The highest BCUT2D eigenvalue weighted by atomic mass is 16.5. The molecule has 0 amide bonds. The Balaban J connectivity index is 2.78. The van der Waals surface area contributed by atoms with E-state index in [0.717, 1.165) is 0 Å². The molecule has 0 aliphatic heterocycles. The minimum atomic E-state index is -0.983. The van der Waals surface area contributed by atoms with E-state index in [1.54, 1.807) is 45.9 Å². The molecule has 0 saturated carbocycles. The number of rotatable bonds is 6. The van der Waals surface area contributed by atoms with Gasteiger partial charge < -0.3 is 19.6 Å². The van der Waals surface area contributed by atoms with Crippen molar-refractivity contribution in [3.05, 3.63) is 18.2 Å². The van der Waals surface area contributed by atoms with Crippen molar-refractivity contribution in [2.24, 2.45) is 0 Å². The van der Waals surface area contributed by atoms with Crippen molar-refractivity contribution in [3.8, 4) is 11.5 Å². The molecule has 105 valence electrons. The summed E-state index contributed by atoms with van der Waals surface area (Å²) >= 11 is 0. The molecular weight excluding hydrogens is 243 g/mol. The molecule has 1 radical (unpaired) electrons. The summed E-state index contributed by atoms with van der Waals surface area (Å²) in [6, 6.07) is 4.88. The van der Waals surface area contributed by atoms with Gasteiger partial charge in [-0.05, 0) is 52.2 Å². The Labute approximate surface area is 115 Å². The van der Waals surface area contributed by atoms with Crippen molar-refractivity contribution in [2.45, 2.75) is 45.8 Å². The molecule has 4 nitrogen and oxygen atoms in total. The van der Waals surface area contributed by atoms with Crippen LogP contribution in [0.3, 0.4) is 0 Å². The summed E-state index contributed by atoms with van der Waals surface area (Å²) in [4.78, 5) is 0. The van der Waals surface area contributed by atoms with E-state index in [4.69, 9.17) is 9.39 Å². The molecule has 0 spiro atoms. The first-order chi connectivity index (χ1) is 8.65. The summed E-state index contributed by atoms with van der Waals surface area (Å²) in [5, 5.41) is 19.6. The maximum absolute atomic E-state index is 10.00. The van der Waals surface area contributed by atoms with E-state index in [0.29, 0.717) is 17.8 Å². The average molecular weight is 265 g/mol. The van der Waals surface area contributed by atoms with Gasteiger partial charge in [0.25, 0.3) is 0 Å². The van der Waals surface area contributed by atoms with Crippen LogP contribution in [0.2, 0.25) is 0 Å². The predicted molar refractivity (Wildman–Crippen MR) is 76.1 cm³/mol. The smallest absolute Gasteiger partial charge is 0.331 e. The molecule has 0 aliphatic rings. The third-order valence-corrected chi connectivity index (χ3v) is 3.19. The molecule has 0 aliphatic carbocycles. The molecule has 1 rings (SSSR count). The van der Waals surface area contributed by atoms with Crippen LogP contribution in [-0.2, 0) is 4.65 Å². The highest BCUT2D eigenvalue weighted by Gasteiger charge is 2.35. The molecule has 0 bridgehead atoms. The maximum atomic E-state index is 10.00. The molecular formula is C14H22BO4. The Morgan fingerprint density at radius 2 is 1.79 bits per heavy atom. The molecule has 0 unspecified atom stereocenters. The lowest BCUT2D eigenvalue weighted by Gasteiger charge is -2.37. The lowest BCUT2D eigenvalue weighted by molar-refractivity contribution is -0.0893. The van der Waals surface area contributed by atoms with Gasteiger partial charge in [0.2, 0.25) is 0 Å². The first-order valence-corrected chi connectivity index (χ1v) is 6.36. The molecule has 0 atom stereocenters. The van der Waals surface area contributed by atoms with Gasteiger partial charge in [0, 0.05) is 6.07 Å². The van der Waals surface area contributed by atoms with Crippen molar-refractivity contribution in [1.29, 1.82) is 0 Å². The van der Waals surface area contributed by atoms with Gasteiger partial charge in [-0.25, -0.2) is 0 Å². The molecule has 0 aromatic heterocycles. The first-order valence-electron chi connectivity index (χ1n) is 6.36. The second kappa shape index (κ2) is 5.84. The zero-order valence-electron chi connectivity index (χ0n) is 12.2. The SMILES string of the molecule is CCOc1cc(O)cc([B]OC(C)(C)C(C)(C)O)c1. The molecule has 1 aromatic carbocycles.